The Balaban J connectivity index is 1.44. The van der Waals surface area contributed by atoms with E-state index in [0.29, 0.717) is 49.2 Å². The number of sulfonamides is 1. The number of methoxy groups -OCH3 is 2. The van der Waals surface area contributed by atoms with Crippen molar-refractivity contribution < 1.29 is 37.0 Å². The van der Waals surface area contributed by atoms with Gasteiger partial charge >= 0.3 is 6.09 Å². The van der Waals surface area contributed by atoms with Gasteiger partial charge in [-0.2, -0.15) is 4.31 Å². The van der Waals surface area contributed by atoms with Crippen LogP contribution >= 0.6 is 0 Å². The molecule has 0 aromatic heterocycles. The van der Waals surface area contributed by atoms with Crippen LogP contribution in [0, 0.1) is 12.8 Å². The van der Waals surface area contributed by atoms with Crippen molar-refractivity contribution in [3.8, 4) is 17.2 Å². The normalized spacial score (nSPS) is 20.6. The topological polar surface area (TPSA) is 118 Å². The Bertz CT molecular complexity index is 1820. The molecule has 13 heteroatoms. The average molecular weight is 693 g/mol. The highest BCUT2D eigenvalue weighted by molar-refractivity contribution is 7.93. The summed E-state index contributed by atoms with van der Waals surface area (Å²) >= 11 is 0. The molecular formula is C36H44N4O8S. The Morgan fingerprint density at radius 1 is 0.878 bits per heavy atom. The van der Waals surface area contributed by atoms with Gasteiger partial charge in [-0.1, -0.05) is 37.3 Å². The molecule has 1 unspecified atom stereocenters. The van der Waals surface area contributed by atoms with Gasteiger partial charge in [0.1, 0.15) is 22.1 Å². The predicted octanol–water partition coefficient (Wildman–Crippen LogP) is 4.79. The molecule has 2 fully saturated rings. The summed E-state index contributed by atoms with van der Waals surface area (Å²) in [5, 5.41) is 4.64. The van der Waals surface area contributed by atoms with Crippen LogP contribution in [0.4, 0.5) is 10.5 Å². The van der Waals surface area contributed by atoms with Gasteiger partial charge in [-0.25, -0.2) is 23.2 Å². The van der Waals surface area contributed by atoms with E-state index >= 15 is 4.79 Å². The molecule has 262 valence electrons. The summed E-state index contributed by atoms with van der Waals surface area (Å²) < 4.78 is 53.1. The van der Waals surface area contributed by atoms with Gasteiger partial charge in [0, 0.05) is 50.9 Å². The minimum atomic E-state index is -4.63. The van der Waals surface area contributed by atoms with Crippen molar-refractivity contribution in [2.45, 2.75) is 44.1 Å². The Morgan fingerprint density at radius 3 is 2.24 bits per heavy atom. The van der Waals surface area contributed by atoms with E-state index in [2.05, 4.69) is 16.9 Å². The van der Waals surface area contributed by atoms with Crippen molar-refractivity contribution in [3.63, 3.8) is 0 Å². The number of piperazine rings is 1. The summed E-state index contributed by atoms with van der Waals surface area (Å²) in [6, 6.07) is 16.0. The SMILES string of the molecule is CCOc1ccccc1C1(OC(=O)N2CCN(N3CCC(C)CC3)CC2)C(=O)N(S(=O)(=O)c2ccc(OC)cc2OC)c2cccc(C)c21. The number of anilines is 1. The molecule has 0 saturated carbocycles. The summed E-state index contributed by atoms with van der Waals surface area (Å²) in [5.41, 5.74) is -1.07. The molecule has 0 spiro atoms. The second kappa shape index (κ2) is 13.9. The maximum atomic E-state index is 15.2. The van der Waals surface area contributed by atoms with Gasteiger partial charge in [-0.3, -0.25) is 4.79 Å². The Morgan fingerprint density at radius 2 is 1.57 bits per heavy atom. The molecule has 0 radical (unpaired) electrons. The average Bonchev–Trinajstić information content (AvgIpc) is 3.37. The number of aryl methyl sites for hydroxylation is 1. The maximum absolute atomic E-state index is 15.2. The molecule has 3 aromatic carbocycles. The first-order chi connectivity index (χ1) is 23.6. The molecule has 2 amide bonds. The molecule has 1 atom stereocenters. The molecule has 3 aliphatic rings. The molecule has 3 aliphatic heterocycles. The van der Waals surface area contributed by atoms with Crippen LogP contribution in [0.1, 0.15) is 43.4 Å². The fourth-order valence-electron chi connectivity index (χ4n) is 7.04. The molecule has 3 heterocycles. The standard InChI is InChI=1S/C36H44N4O8S/c1-6-47-30-13-8-7-11-28(30)36(48-35(42)37-20-22-39(23-21-37)38-18-16-25(2)17-19-38)33-26(3)10-9-12-29(33)40(34(36)41)49(43,44)32-15-14-27(45-4)24-31(32)46-5/h7-15,24-25H,6,16-23H2,1-5H3. The van der Waals surface area contributed by atoms with Gasteiger partial charge in [0.25, 0.3) is 15.9 Å². The van der Waals surface area contributed by atoms with E-state index in [-0.39, 0.29) is 34.1 Å². The number of hydrogen-bond acceptors (Lipinski definition) is 10. The molecule has 0 bridgehead atoms. The van der Waals surface area contributed by atoms with Gasteiger partial charge in [0.15, 0.2) is 0 Å². The Hall–Kier alpha value is -4.33. The number of amides is 2. The quantitative estimate of drug-likeness (QED) is 0.310. The van der Waals surface area contributed by atoms with Crippen LogP contribution in [-0.2, 0) is 25.2 Å². The highest BCUT2D eigenvalue weighted by atomic mass is 32.2. The number of benzene rings is 3. The fourth-order valence-corrected chi connectivity index (χ4v) is 8.63. The second-order valence-corrected chi connectivity index (χ2v) is 14.4. The molecular weight excluding hydrogens is 648 g/mol. The lowest BCUT2D eigenvalue weighted by Crippen LogP contribution is -2.57. The summed E-state index contributed by atoms with van der Waals surface area (Å²) in [6.07, 6.45) is 1.54. The Labute approximate surface area is 288 Å². The van der Waals surface area contributed by atoms with E-state index in [9.17, 15) is 13.2 Å². The van der Waals surface area contributed by atoms with Crippen molar-refractivity contribution in [2.24, 2.45) is 5.92 Å². The Kier molecular flexibility index (Phi) is 9.79. The van der Waals surface area contributed by atoms with Gasteiger partial charge in [0.2, 0.25) is 5.60 Å². The maximum Gasteiger partial charge on any atom is 0.411 e. The van der Waals surface area contributed by atoms with E-state index in [1.807, 2.05) is 0 Å². The number of nitrogens with zero attached hydrogens (tertiary/aromatic N) is 4. The summed E-state index contributed by atoms with van der Waals surface area (Å²) in [6.45, 7) is 10.1. The number of fused-ring (bicyclic) bond motifs is 1. The van der Waals surface area contributed by atoms with Crippen LogP contribution in [0.2, 0.25) is 0 Å². The minimum Gasteiger partial charge on any atom is -0.497 e. The van der Waals surface area contributed by atoms with E-state index in [1.165, 1.54) is 32.4 Å². The van der Waals surface area contributed by atoms with E-state index < -0.39 is 27.6 Å². The van der Waals surface area contributed by atoms with Crippen LogP contribution in [0.15, 0.2) is 65.6 Å². The highest BCUT2D eigenvalue weighted by Gasteiger charge is 2.61. The second-order valence-electron chi connectivity index (χ2n) is 12.6. The zero-order valence-corrected chi connectivity index (χ0v) is 29.5. The lowest BCUT2D eigenvalue weighted by atomic mass is 9.84. The van der Waals surface area contributed by atoms with Gasteiger partial charge in [-0.15, -0.1) is 0 Å². The van der Waals surface area contributed by atoms with Crippen molar-refractivity contribution in [3.05, 3.63) is 77.4 Å². The molecule has 12 nitrogen and oxygen atoms in total. The van der Waals surface area contributed by atoms with Crippen LogP contribution in [0.3, 0.4) is 0 Å². The monoisotopic (exact) mass is 692 g/mol. The number of para-hydroxylation sites is 1. The minimum absolute atomic E-state index is 0.00778. The molecule has 3 aromatic rings. The third kappa shape index (κ3) is 6.08. The van der Waals surface area contributed by atoms with Crippen molar-refractivity contribution in [1.82, 2.24) is 14.9 Å². The lowest BCUT2D eigenvalue weighted by Gasteiger charge is -2.43. The summed E-state index contributed by atoms with van der Waals surface area (Å²) in [4.78, 5) is 30.8. The number of rotatable bonds is 9. The van der Waals surface area contributed by atoms with E-state index in [0.717, 1.165) is 30.2 Å². The van der Waals surface area contributed by atoms with Crippen LogP contribution in [-0.4, -0.2) is 95.4 Å². The third-order valence-corrected chi connectivity index (χ3v) is 11.4. The van der Waals surface area contributed by atoms with Crippen molar-refractivity contribution in [2.75, 3.05) is 64.4 Å². The molecule has 6 rings (SSSR count). The number of hydrazine groups is 1. The zero-order valence-electron chi connectivity index (χ0n) is 28.7. The van der Waals surface area contributed by atoms with Crippen LogP contribution < -0.4 is 18.5 Å². The molecule has 49 heavy (non-hydrogen) atoms. The lowest BCUT2D eigenvalue weighted by molar-refractivity contribution is -0.133. The highest BCUT2D eigenvalue weighted by Crippen LogP contribution is 2.53. The van der Waals surface area contributed by atoms with Crippen LogP contribution in [0.5, 0.6) is 17.2 Å². The summed E-state index contributed by atoms with van der Waals surface area (Å²) in [7, 11) is -1.83. The number of piperidine rings is 1. The first-order valence-electron chi connectivity index (χ1n) is 16.7. The molecule has 0 N–H and O–H groups in total. The smallest absolute Gasteiger partial charge is 0.411 e. The van der Waals surface area contributed by atoms with Crippen molar-refractivity contribution in [1.29, 1.82) is 0 Å². The van der Waals surface area contributed by atoms with Gasteiger partial charge < -0.3 is 23.8 Å². The number of ether oxygens (including phenoxy) is 4. The van der Waals surface area contributed by atoms with Crippen molar-refractivity contribution >= 4 is 27.7 Å². The number of hydrogen-bond donors (Lipinski definition) is 0. The predicted molar refractivity (Wildman–Crippen MR) is 183 cm³/mol. The molecule has 2 saturated heterocycles. The van der Waals surface area contributed by atoms with Crippen LogP contribution in [0.25, 0.3) is 0 Å². The molecule has 0 aliphatic carbocycles. The van der Waals surface area contributed by atoms with E-state index in [1.54, 1.807) is 61.2 Å². The largest absolute Gasteiger partial charge is 0.497 e. The number of carbonyl (C=O) groups excluding carboxylic acids is 2. The van der Waals surface area contributed by atoms with E-state index in [4.69, 9.17) is 18.9 Å². The third-order valence-electron chi connectivity index (χ3n) is 9.68. The first kappa shape index (κ1) is 34.5. The summed E-state index contributed by atoms with van der Waals surface area (Å²) in [5.74, 6) is 0.407. The van der Waals surface area contributed by atoms with Gasteiger partial charge in [0.05, 0.1) is 32.1 Å². The van der Waals surface area contributed by atoms with Gasteiger partial charge in [-0.05, 0) is 62.4 Å². The fraction of sp³-hybridized carbons (Fsp3) is 0.444. The number of carbonyl (C=O) groups is 2. The zero-order chi connectivity index (χ0) is 34.9. The first-order valence-corrected chi connectivity index (χ1v) is 18.1.